The Morgan fingerprint density at radius 2 is 2.14 bits per heavy atom. The molecule has 1 saturated heterocycles. The Hall–Kier alpha value is -1.40. The summed E-state index contributed by atoms with van der Waals surface area (Å²) in [5, 5.41) is 0. The minimum atomic E-state index is -2.86. The molecular weight excluding hydrogens is 290 g/mol. The molecule has 0 bridgehead atoms. The van der Waals surface area contributed by atoms with Crippen molar-refractivity contribution in [3.8, 4) is 11.5 Å². The second-order valence-electron chi connectivity index (χ2n) is 5.76. The first-order chi connectivity index (χ1) is 10.5. The number of alkyl halides is 2. The Kier molecular flexibility index (Phi) is 5.97. The van der Waals surface area contributed by atoms with Crippen molar-refractivity contribution in [3.63, 3.8) is 0 Å². The summed E-state index contributed by atoms with van der Waals surface area (Å²) in [4.78, 5) is 2.36. The summed E-state index contributed by atoms with van der Waals surface area (Å²) in [7, 11) is 1.45. The summed E-state index contributed by atoms with van der Waals surface area (Å²) in [6, 6.07) is 5.44. The fourth-order valence-electron chi connectivity index (χ4n) is 3.15. The van der Waals surface area contributed by atoms with Gasteiger partial charge < -0.3 is 15.2 Å². The molecule has 0 aliphatic carbocycles. The number of likely N-dealkylation sites (tertiary alicyclic amines) is 1. The van der Waals surface area contributed by atoms with Gasteiger partial charge >= 0.3 is 6.61 Å². The highest BCUT2D eigenvalue weighted by molar-refractivity contribution is 5.43. The number of nitrogens with two attached hydrogens (primary N) is 1. The van der Waals surface area contributed by atoms with Crippen LogP contribution < -0.4 is 15.2 Å². The van der Waals surface area contributed by atoms with E-state index in [0.717, 1.165) is 25.1 Å². The Morgan fingerprint density at radius 3 is 2.77 bits per heavy atom. The summed E-state index contributed by atoms with van der Waals surface area (Å²) in [6.07, 6.45) is 2.35. The second kappa shape index (κ2) is 7.74. The highest BCUT2D eigenvalue weighted by Gasteiger charge is 2.27. The molecule has 0 saturated carbocycles. The lowest BCUT2D eigenvalue weighted by Gasteiger charge is -2.39. The number of hydrogen-bond donors (Lipinski definition) is 1. The molecule has 2 unspecified atom stereocenters. The van der Waals surface area contributed by atoms with Gasteiger partial charge in [0.25, 0.3) is 0 Å². The van der Waals surface area contributed by atoms with Gasteiger partial charge in [0.1, 0.15) is 0 Å². The third-order valence-corrected chi connectivity index (χ3v) is 4.30. The highest BCUT2D eigenvalue weighted by atomic mass is 19.3. The molecule has 0 amide bonds. The summed E-state index contributed by atoms with van der Waals surface area (Å²) in [5.41, 5.74) is 6.91. The summed E-state index contributed by atoms with van der Waals surface area (Å²) in [6.45, 7) is 1.74. The zero-order valence-corrected chi connectivity index (χ0v) is 13.1. The third-order valence-electron chi connectivity index (χ3n) is 4.30. The van der Waals surface area contributed by atoms with Gasteiger partial charge in [-0.15, -0.1) is 0 Å². The second-order valence-corrected chi connectivity index (χ2v) is 5.76. The van der Waals surface area contributed by atoms with Gasteiger partial charge in [0.05, 0.1) is 7.11 Å². The van der Waals surface area contributed by atoms with E-state index in [1.807, 2.05) is 0 Å². The summed E-state index contributed by atoms with van der Waals surface area (Å²) >= 11 is 0. The van der Waals surface area contributed by atoms with Crippen LogP contribution in [-0.4, -0.2) is 37.8 Å². The highest BCUT2D eigenvalue weighted by Crippen LogP contribution is 2.31. The van der Waals surface area contributed by atoms with E-state index in [2.05, 4.69) is 16.6 Å². The number of methoxy groups -OCH3 is 1. The lowest BCUT2D eigenvalue weighted by atomic mass is 9.90. The van der Waals surface area contributed by atoms with Gasteiger partial charge in [0, 0.05) is 19.1 Å². The van der Waals surface area contributed by atoms with Gasteiger partial charge in [0.15, 0.2) is 11.5 Å². The lowest BCUT2D eigenvalue weighted by Crippen LogP contribution is -2.47. The predicted octanol–water partition coefficient (Wildman–Crippen LogP) is 2.86. The van der Waals surface area contributed by atoms with Crippen molar-refractivity contribution in [1.82, 2.24) is 4.90 Å². The number of benzene rings is 1. The Labute approximate surface area is 130 Å². The van der Waals surface area contributed by atoms with Gasteiger partial charge in [-0.05, 0) is 43.0 Å². The van der Waals surface area contributed by atoms with Crippen LogP contribution in [0.3, 0.4) is 0 Å². The van der Waals surface area contributed by atoms with Crippen LogP contribution in [0.2, 0.25) is 0 Å². The van der Waals surface area contributed by atoms with Gasteiger partial charge in [-0.1, -0.05) is 13.0 Å². The normalized spacial score (nSPS) is 22.8. The van der Waals surface area contributed by atoms with E-state index in [0.29, 0.717) is 24.3 Å². The standard InChI is InChI=1S/C16H24F2N2O2/c1-11-4-3-7-20(13(11)9-19)10-12-5-6-14(22-16(17)18)15(8-12)21-2/h5-6,8,11,13,16H,3-4,7,9-10,19H2,1-2H3. The predicted molar refractivity (Wildman–Crippen MR) is 81.3 cm³/mol. The van der Waals surface area contributed by atoms with E-state index in [9.17, 15) is 8.78 Å². The van der Waals surface area contributed by atoms with E-state index >= 15 is 0 Å². The van der Waals surface area contributed by atoms with Crippen LogP contribution in [-0.2, 0) is 6.54 Å². The van der Waals surface area contributed by atoms with Crippen LogP contribution in [0.1, 0.15) is 25.3 Å². The van der Waals surface area contributed by atoms with Crippen LogP contribution in [0, 0.1) is 5.92 Å². The molecule has 1 aliphatic rings. The minimum absolute atomic E-state index is 0.0589. The van der Waals surface area contributed by atoms with E-state index in [4.69, 9.17) is 10.5 Å². The van der Waals surface area contributed by atoms with Crippen LogP contribution in [0.4, 0.5) is 8.78 Å². The number of piperidine rings is 1. The SMILES string of the molecule is COc1cc(CN2CCCC(C)C2CN)ccc1OC(F)F. The van der Waals surface area contributed by atoms with Crippen molar-refractivity contribution in [2.45, 2.75) is 39.0 Å². The average molecular weight is 314 g/mol. The van der Waals surface area contributed by atoms with Crippen molar-refractivity contribution in [2.24, 2.45) is 11.7 Å². The molecule has 2 rings (SSSR count). The summed E-state index contributed by atoms with van der Waals surface area (Å²) in [5.74, 6) is 0.956. The molecule has 2 N–H and O–H groups in total. The number of halogens is 2. The molecule has 124 valence electrons. The molecule has 1 heterocycles. The van der Waals surface area contributed by atoms with Crippen LogP contribution in [0.5, 0.6) is 11.5 Å². The van der Waals surface area contributed by atoms with Gasteiger partial charge in [-0.3, -0.25) is 4.90 Å². The first-order valence-corrected chi connectivity index (χ1v) is 7.61. The van der Waals surface area contributed by atoms with E-state index in [1.165, 1.54) is 19.6 Å². The third kappa shape index (κ3) is 4.08. The van der Waals surface area contributed by atoms with Crippen molar-refractivity contribution >= 4 is 0 Å². The van der Waals surface area contributed by atoms with Crippen molar-refractivity contribution in [2.75, 3.05) is 20.2 Å². The Balaban J connectivity index is 2.12. The molecule has 0 spiro atoms. The van der Waals surface area contributed by atoms with Crippen molar-refractivity contribution < 1.29 is 18.3 Å². The fraction of sp³-hybridized carbons (Fsp3) is 0.625. The molecule has 1 fully saturated rings. The quantitative estimate of drug-likeness (QED) is 0.877. The van der Waals surface area contributed by atoms with Gasteiger partial charge in [-0.25, -0.2) is 0 Å². The largest absolute Gasteiger partial charge is 0.493 e. The number of rotatable bonds is 6. The molecule has 22 heavy (non-hydrogen) atoms. The van der Waals surface area contributed by atoms with Crippen molar-refractivity contribution in [3.05, 3.63) is 23.8 Å². The zero-order valence-electron chi connectivity index (χ0n) is 13.1. The first kappa shape index (κ1) is 17.0. The molecule has 6 heteroatoms. The number of ether oxygens (including phenoxy) is 2. The topological polar surface area (TPSA) is 47.7 Å². The maximum Gasteiger partial charge on any atom is 0.387 e. The van der Waals surface area contributed by atoms with Crippen LogP contribution in [0.15, 0.2) is 18.2 Å². The van der Waals surface area contributed by atoms with Crippen LogP contribution >= 0.6 is 0 Å². The minimum Gasteiger partial charge on any atom is -0.493 e. The molecule has 4 nitrogen and oxygen atoms in total. The molecule has 0 radical (unpaired) electrons. The van der Waals surface area contributed by atoms with Crippen molar-refractivity contribution in [1.29, 1.82) is 0 Å². The fourth-order valence-corrected chi connectivity index (χ4v) is 3.15. The maximum absolute atomic E-state index is 12.4. The number of nitrogens with zero attached hydrogens (tertiary/aromatic N) is 1. The lowest BCUT2D eigenvalue weighted by molar-refractivity contribution is -0.0512. The summed E-state index contributed by atoms with van der Waals surface area (Å²) < 4.78 is 34.3. The maximum atomic E-state index is 12.4. The molecule has 1 aliphatic heterocycles. The molecule has 2 atom stereocenters. The Bertz CT molecular complexity index is 485. The van der Waals surface area contributed by atoms with Crippen LogP contribution in [0.25, 0.3) is 0 Å². The monoisotopic (exact) mass is 314 g/mol. The number of hydrogen-bond acceptors (Lipinski definition) is 4. The molecule has 1 aromatic carbocycles. The van der Waals surface area contributed by atoms with Gasteiger partial charge in [-0.2, -0.15) is 8.78 Å². The molecular formula is C16H24F2N2O2. The zero-order chi connectivity index (χ0) is 16.1. The van der Waals surface area contributed by atoms with E-state index < -0.39 is 6.61 Å². The molecule has 0 aromatic heterocycles. The van der Waals surface area contributed by atoms with E-state index in [-0.39, 0.29) is 5.75 Å². The van der Waals surface area contributed by atoms with Gasteiger partial charge in [0.2, 0.25) is 0 Å². The smallest absolute Gasteiger partial charge is 0.387 e. The molecule has 1 aromatic rings. The first-order valence-electron chi connectivity index (χ1n) is 7.61. The Morgan fingerprint density at radius 1 is 1.36 bits per heavy atom. The van der Waals surface area contributed by atoms with E-state index in [1.54, 1.807) is 12.1 Å². The average Bonchev–Trinajstić information content (AvgIpc) is 2.48.